The van der Waals surface area contributed by atoms with E-state index in [0.717, 1.165) is 4.47 Å². The van der Waals surface area contributed by atoms with Gasteiger partial charge in [-0.3, -0.25) is 20.4 Å². The number of rotatable bonds is 8. The average molecular weight is 490 g/mol. The van der Waals surface area contributed by atoms with Crippen LogP contribution in [0.25, 0.3) is 0 Å². The average Bonchev–Trinajstić information content (AvgIpc) is 2.66. The highest BCUT2D eigenvalue weighted by Crippen LogP contribution is 2.27. The Morgan fingerprint density at radius 3 is 2.50 bits per heavy atom. The first kappa shape index (κ1) is 22.3. The lowest BCUT2D eigenvalue weighted by molar-refractivity contribution is -0.122. The number of hydrogen-bond acceptors (Lipinski definition) is 4. The molecule has 6 nitrogen and oxygen atoms in total. The standard InChI is InChI=1S/C19H19BrCl2N2O4/c1-2-27-16-7-5-12(20)10-14(16)19(26)24-23-18(25)4-3-9-28-17-8-6-13(21)11-15(17)22/h5-8,10-11H,2-4,9H2,1H3,(H,23,25)(H,24,26). The number of amides is 2. The maximum Gasteiger partial charge on any atom is 0.273 e. The molecule has 0 saturated heterocycles. The minimum Gasteiger partial charge on any atom is -0.493 e. The van der Waals surface area contributed by atoms with Crippen molar-refractivity contribution in [2.24, 2.45) is 0 Å². The Morgan fingerprint density at radius 2 is 1.79 bits per heavy atom. The first-order valence-corrected chi connectivity index (χ1v) is 10.0. The van der Waals surface area contributed by atoms with Gasteiger partial charge in [0.05, 0.1) is 23.8 Å². The van der Waals surface area contributed by atoms with E-state index in [1.54, 1.807) is 36.4 Å². The zero-order valence-corrected chi connectivity index (χ0v) is 18.2. The second-order valence-corrected chi connectivity index (χ2v) is 7.36. The van der Waals surface area contributed by atoms with E-state index >= 15 is 0 Å². The van der Waals surface area contributed by atoms with Gasteiger partial charge in [0.25, 0.3) is 5.91 Å². The SMILES string of the molecule is CCOc1ccc(Br)cc1C(=O)NNC(=O)CCCOc1ccc(Cl)cc1Cl. The summed E-state index contributed by atoms with van der Waals surface area (Å²) >= 11 is 15.1. The van der Waals surface area contributed by atoms with E-state index in [1.165, 1.54) is 0 Å². The lowest BCUT2D eigenvalue weighted by Gasteiger charge is -2.12. The molecule has 0 heterocycles. The van der Waals surface area contributed by atoms with Crippen molar-refractivity contribution in [3.63, 3.8) is 0 Å². The molecule has 0 unspecified atom stereocenters. The Morgan fingerprint density at radius 1 is 1.04 bits per heavy atom. The van der Waals surface area contributed by atoms with Crippen LogP contribution in [0, 0.1) is 0 Å². The second kappa shape index (κ2) is 11.1. The van der Waals surface area contributed by atoms with Crippen LogP contribution in [0.15, 0.2) is 40.9 Å². The Hall–Kier alpha value is -1.96. The monoisotopic (exact) mass is 488 g/mol. The van der Waals surface area contributed by atoms with Gasteiger partial charge in [-0.2, -0.15) is 0 Å². The molecular formula is C19H19BrCl2N2O4. The van der Waals surface area contributed by atoms with Crippen LogP contribution in [-0.4, -0.2) is 25.0 Å². The molecule has 2 rings (SSSR count). The summed E-state index contributed by atoms with van der Waals surface area (Å²) in [5.74, 6) is 0.123. The molecule has 0 aliphatic carbocycles. The lowest BCUT2D eigenvalue weighted by Crippen LogP contribution is -2.41. The molecule has 0 spiro atoms. The van der Waals surface area contributed by atoms with Crippen LogP contribution in [0.2, 0.25) is 10.0 Å². The number of benzene rings is 2. The van der Waals surface area contributed by atoms with Crippen molar-refractivity contribution in [1.82, 2.24) is 10.9 Å². The van der Waals surface area contributed by atoms with Crippen molar-refractivity contribution in [2.75, 3.05) is 13.2 Å². The molecule has 0 aliphatic heterocycles. The number of carbonyl (C=O) groups excluding carboxylic acids is 2. The summed E-state index contributed by atoms with van der Waals surface area (Å²) in [6, 6.07) is 9.99. The van der Waals surface area contributed by atoms with Gasteiger partial charge in [0, 0.05) is 15.9 Å². The zero-order chi connectivity index (χ0) is 20.5. The van der Waals surface area contributed by atoms with Crippen molar-refractivity contribution in [3.05, 3.63) is 56.5 Å². The summed E-state index contributed by atoms with van der Waals surface area (Å²) in [6.45, 7) is 2.54. The van der Waals surface area contributed by atoms with Gasteiger partial charge in [0.15, 0.2) is 0 Å². The fourth-order valence-corrected chi connectivity index (χ4v) is 3.05. The fourth-order valence-electron chi connectivity index (χ4n) is 2.22. The van der Waals surface area contributed by atoms with Crippen LogP contribution in [0.5, 0.6) is 11.5 Å². The molecule has 2 aromatic carbocycles. The number of halogens is 3. The Kier molecular flexibility index (Phi) is 8.89. The predicted molar refractivity (Wildman–Crippen MR) is 112 cm³/mol. The normalized spacial score (nSPS) is 10.3. The molecule has 9 heteroatoms. The van der Waals surface area contributed by atoms with Gasteiger partial charge in [-0.05, 0) is 49.7 Å². The minimum absolute atomic E-state index is 0.169. The van der Waals surface area contributed by atoms with Crippen LogP contribution < -0.4 is 20.3 Å². The summed E-state index contributed by atoms with van der Waals surface area (Å²) in [6.07, 6.45) is 0.615. The number of hydrogen-bond donors (Lipinski definition) is 2. The topological polar surface area (TPSA) is 76.7 Å². The summed E-state index contributed by atoms with van der Waals surface area (Å²) in [5, 5.41) is 0.925. The van der Waals surface area contributed by atoms with Gasteiger partial charge >= 0.3 is 0 Å². The Bertz CT molecular complexity index is 849. The third-order valence-corrected chi connectivity index (χ3v) is 4.52. The van der Waals surface area contributed by atoms with Crippen LogP contribution in [0.4, 0.5) is 0 Å². The number of hydrazine groups is 1. The zero-order valence-electron chi connectivity index (χ0n) is 15.1. The molecule has 2 N–H and O–H groups in total. The van der Waals surface area contributed by atoms with Crippen LogP contribution >= 0.6 is 39.1 Å². The molecular weight excluding hydrogens is 471 g/mol. The van der Waals surface area contributed by atoms with Crippen LogP contribution in [-0.2, 0) is 4.79 Å². The highest BCUT2D eigenvalue weighted by atomic mass is 79.9. The maximum atomic E-state index is 12.3. The third kappa shape index (κ3) is 6.89. The van der Waals surface area contributed by atoms with Gasteiger partial charge in [0.2, 0.25) is 5.91 Å². The highest BCUT2D eigenvalue weighted by molar-refractivity contribution is 9.10. The Labute approximate surface area is 181 Å². The molecule has 150 valence electrons. The van der Waals surface area contributed by atoms with Gasteiger partial charge in [-0.25, -0.2) is 0 Å². The summed E-state index contributed by atoms with van der Waals surface area (Å²) in [4.78, 5) is 24.2. The maximum absolute atomic E-state index is 12.3. The summed E-state index contributed by atoms with van der Waals surface area (Å²) in [7, 11) is 0. The molecule has 0 aromatic heterocycles. The fraction of sp³-hybridized carbons (Fsp3) is 0.263. The van der Waals surface area contributed by atoms with E-state index in [-0.39, 0.29) is 12.3 Å². The second-order valence-electron chi connectivity index (χ2n) is 5.60. The van der Waals surface area contributed by atoms with Gasteiger partial charge in [0.1, 0.15) is 11.5 Å². The molecule has 28 heavy (non-hydrogen) atoms. The van der Waals surface area contributed by atoms with Crippen LogP contribution in [0.3, 0.4) is 0 Å². The van der Waals surface area contributed by atoms with Crippen molar-refractivity contribution in [1.29, 1.82) is 0 Å². The first-order chi connectivity index (χ1) is 13.4. The molecule has 2 amide bonds. The number of nitrogens with one attached hydrogen (secondary N) is 2. The van der Waals surface area contributed by atoms with E-state index in [0.29, 0.717) is 46.7 Å². The third-order valence-electron chi connectivity index (χ3n) is 3.50. The molecule has 0 saturated carbocycles. The molecule has 0 fully saturated rings. The summed E-state index contributed by atoms with van der Waals surface area (Å²) < 4.78 is 11.7. The molecule has 0 bridgehead atoms. The van der Waals surface area contributed by atoms with E-state index < -0.39 is 5.91 Å². The summed E-state index contributed by atoms with van der Waals surface area (Å²) in [5.41, 5.74) is 5.08. The van der Waals surface area contributed by atoms with Crippen molar-refractivity contribution >= 4 is 50.9 Å². The number of carbonyl (C=O) groups is 2. The largest absolute Gasteiger partial charge is 0.493 e. The lowest BCUT2D eigenvalue weighted by atomic mass is 10.2. The van der Waals surface area contributed by atoms with Crippen LogP contribution in [0.1, 0.15) is 30.1 Å². The van der Waals surface area contributed by atoms with E-state index in [4.69, 9.17) is 32.7 Å². The van der Waals surface area contributed by atoms with Crippen molar-refractivity contribution < 1.29 is 19.1 Å². The highest BCUT2D eigenvalue weighted by Gasteiger charge is 2.14. The van der Waals surface area contributed by atoms with Gasteiger partial charge in [-0.15, -0.1) is 0 Å². The Balaban J connectivity index is 1.76. The van der Waals surface area contributed by atoms with Gasteiger partial charge in [-0.1, -0.05) is 39.1 Å². The van der Waals surface area contributed by atoms with Gasteiger partial charge < -0.3 is 9.47 Å². The minimum atomic E-state index is -0.470. The van der Waals surface area contributed by atoms with E-state index in [2.05, 4.69) is 26.8 Å². The van der Waals surface area contributed by atoms with Crippen molar-refractivity contribution in [3.8, 4) is 11.5 Å². The van der Waals surface area contributed by atoms with E-state index in [1.807, 2.05) is 6.92 Å². The molecule has 0 radical (unpaired) electrons. The molecule has 0 aliphatic rings. The smallest absolute Gasteiger partial charge is 0.273 e. The van der Waals surface area contributed by atoms with Crippen molar-refractivity contribution in [2.45, 2.75) is 19.8 Å². The molecule has 2 aromatic rings. The predicted octanol–water partition coefficient (Wildman–Crippen LogP) is 4.77. The van der Waals surface area contributed by atoms with E-state index in [9.17, 15) is 9.59 Å². The number of ether oxygens (including phenoxy) is 2. The first-order valence-electron chi connectivity index (χ1n) is 8.50. The quantitative estimate of drug-likeness (QED) is 0.413. The molecule has 0 atom stereocenters.